The van der Waals surface area contributed by atoms with E-state index in [1.54, 1.807) is 11.3 Å². The number of aromatic nitrogens is 4. The lowest BCUT2D eigenvalue weighted by Crippen LogP contribution is -3.00. The van der Waals surface area contributed by atoms with Crippen LogP contribution in [0.1, 0.15) is 32.0 Å². The van der Waals surface area contributed by atoms with E-state index in [0.29, 0.717) is 0 Å². The van der Waals surface area contributed by atoms with Gasteiger partial charge in [-0.3, -0.25) is 0 Å². The monoisotopic (exact) mass is 494 g/mol. The van der Waals surface area contributed by atoms with Crippen molar-refractivity contribution >= 4 is 17.0 Å². The number of hydrogen-bond donors (Lipinski definition) is 0. The summed E-state index contributed by atoms with van der Waals surface area (Å²) in [6, 6.07) is 18.9. The zero-order chi connectivity index (χ0) is 20.3. The molecule has 5 nitrogen and oxygen atoms in total. The van der Waals surface area contributed by atoms with Crippen LogP contribution in [0.2, 0.25) is 0 Å². The number of thiazole rings is 1. The summed E-state index contributed by atoms with van der Waals surface area (Å²) in [6.45, 7) is 4.06. The maximum atomic E-state index is 4.92. The Labute approximate surface area is 196 Å². The van der Waals surface area contributed by atoms with Gasteiger partial charge < -0.3 is 26.1 Å². The van der Waals surface area contributed by atoms with Crippen LogP contribution in [0.5, 0.6) is 0 Å². The molecule has 1 aliphatic heterocycles. The maximum absolute atomic E-state index is 4.92. The lowest BCUT2D eigenvalue weighted by molar-refractivity contribution is -0.00000617. The third-order valence-electron chi connectivity index (χ3n) is 5.64. The van der Waals surface area contributed by atoms with E-state index in [1.807, 2.05) is 6.07 Å². The van der Waals surface area contributed by atoms with Gasteiger partial charge in [0.05, 0.1) is 11.4 Å². The van der Waals surface area contributed by atoms with Crippen molar-refractivity contribution in [2.75, 3.05) is 0 Å². The smallest absolute Gasteiger partial charge is 0.190 e. The zero-order valence-corrected chi connectivity index (χ0v) is 19.9. The molecule has 0 unspecified atom stereocenters. The zero-order valence-electron chi connectivity index (χ0n) is 17.5. The third kappa shape index (κ3) is 4.43. The van der Waals surface area contributed by atoms with Crippen LogP contribution in [0.3, 0.4) is 0 Å². The first-order chi connectivity index (χ1) is 14.8. The second-order valence-corrected chi connectivity index (χ2v) is 8.41. The van der Waals surface area contributed by atoms with Gasteiger partial charge in [-0.2, -0.15) is 0 Å². The fraction of sp³-hybridized carbons (Fsp3) is 0.292. The van der Waals surface area contributed by atoms with E-state index in [-0.39, 0.29) is 17.0 Å². The Hall–Kier alpha value is -2.51. The average molecular weight is 495 g/mol. The fourth-order valence-electron chi connectivity index (χ4n) is 4.06. The van der Waals surface area contributed by atoms with Crippen molar-refractivity contribution in [3.05, 3.63) is 70.6 Å². The van der Waals surface area contributed by atoms with Gasteiger partial charge >= 0.3 is 0 Å². The van der Waals surface area contributed by atoms with Crippen LogP contribution in [0.4, 0.5) is 5.69 Å². The third-order valence-corrected chi connectivity index (χ3v) is 6.51. The Morgan fingerprint density at radius 1 is 0.935 bits per heavy atom. The van der Waals surface area contributed by atoms with E-state index in [9.17, 15) is 0 Å². The normalized spacial score (nSPS) is 14.0. The van der Waals surface area contributed by atoms with Crippen LogP contribution >= 0.6 is 11.3 Å². The summed E-state index contributed by atoms with van der Waals surface area (Å²) in [7, 11) is 0. The molecule has 0 fully saturated rings. The Morgan fingerprint density at radius 2 is 1.74 bits per heavy atom. The molecule has 0 saturated heterocycles. The minimum atomic E-state index is 0. The lowest BCUT2D eigenvalue weighted by atomic mass is 10.2. The van der Waals surface area contributed by atoms with Crippen molar-refractivity contribution in [3.8, 4) is 22.6 Å². The SMILES string of the molecule is CCn1c(-c2ccccc2)csc1=Nc1ccc(-c2nnc3n2CCCCC3)cc1.[Br-]. The van der Waals surface area contributed by atoms with Gasteiger partial charge in [-0.05, 0) is 49.6 Å². The van der Waals surface area contributed by atoms with Gasteiger partial charge in [-0.1, -0.05) is 36.8 Å². The topological polar surface area (TPSA) is 48.0 Å². The van der Waals surface area contributed by atoms with Crippen molar-refractivity contribution in [1.82, 2.24) is 19.3 Å². The molecule has 160 valence electrons. The Morgan fingerprint density at radius 3 is 2.52 bits per heavy atom. The Balaban J connectivity index is 0.00000231. The molecular weight excluding hydrogens is 470 g/mol. The molecule has 0 aliphatic carbocycles. The predicted octanol–water partition coefficient (Wildman–Crippen LogP) is 2.46. The van der Waals surface area contributed by atoms with Crippen molar-refractivity contribution in [2.24, 2.45) is 4.99 Å². The molecule has 5 rings (SSSR count). The highest BCUT2D eigenvalue weighted by Gasteiger charge is 2.15. The summed E-state index contributed by atoms with van der Waals surface area (Å²) in [5.74, 6) is 2.09. The Kier molecular flexibility index (Phi) is 6.83. The van der Waals surface area contributed by atoms with Crippen molar-refractivity contribution < 1.29 is 17.0 Å². The molecule has 4 aromatic rings. The van der Waals surface area contributed by atoms with Crippen molar-refractivity contribution in [2.45, 2.75) is 45.7 Å². The minimum absolute atomic E-state index is 0. The summed E-state index contributed by atoms with van der Waals surface area (Å²) < 4.78 is 4.56. The molecule has 0 atom stereocenters. The van der Waals surface area contributed by atoms with Gasteiger partial charge in [-0.15, -0.1) is 21.5 Å². The molecule has 7 heteroatoms. The number of rotatable bonds is 4. The molecule has 0 N–H and O–H groups in total. The van der Waals surface area contributed by atoms with Crippen molar-refractivity contribution in [3.63, 3.8) is 0 Å². The molecule has 0 saturated carbocycles. The van der Waals surface area contributed by atoms with E-state index < -0.39 is 0 Å². The molecule has 31 heavy (non-hydrogen) atoms. The van der Waals surface area contributed by atoms with Gasteiger partial charge in [0.15, 0.2) is 10.6 Å². The molecule has 0 bridgehead atoms. The van der Waals surface area contributed by atoms with Gasteiger partial charge in [0.1, 0.15) is 5.82 Å². The predicted molar refractivity (Wildman–Crippen MR) is 122 cm³/mol. The largest absolute Gasteiger partial charge is 1.00 e. The minimum Gasteiger partial charge on any atom is -1.00 e. The molecule has 0 spiro atoms. The lowest BCUT2D eigenvalue weighted by Gasteiger charge is -2.07. The van der Waals surface area contributed by atoms with Crippen LogP contribution in [-0.2, 0) is 19.5 Å². The van der Waals surface area contributed by atoms with Crippen LogP contribution in [0.15, 0.2) is 65.0 Å². The summed E-state index contributed by atoms with van der Waals surface area (Å²) in [4.78, 5) is 5.94. The first kappa shape index (κ1) is 21.7. The summed E-state index contributed by atoms with van der Waals surface area (Å²) in [5.41, 5.74) is 4.50. The van der Waals surface area contributed by atoms with Crippen LogP contribution in [-0.4, -0.2) is 19.3 Å². The van der Waals surface area contributed by atoms with E-state index in [4.69, 9.17) is 4.99 Å². The van der Waals surface area contributed by atoms with Gasteiger partial charge in [0, 0.05) is 30.5 Å². The highest BCUT2D eigenvalue weighted by atomic mass is 79.9. The number of hydrogen-bond acceptors (Lipinski definition) is 4. The Bertz CT molecular complexity index is 1210. The standard InChI is InChI=1S/C24H25N5S.BrH/c1-2-28-21(18-9-5-3-6-10-18)17-30-24(28)25-20-14-12-19(13-15-20)23-27-26-22-11-7-4-8-16-29(22)23;/h3,5-6,9-10,12-15,17H,2,4,7-8,11,16H2,1H3;1H/p-1. The number of benzene rings is 2. The maximum Gasteiger partial charge on any atom is 0.190 e. The fourth-order valence-corrected chi connectivity index (χ4v) is 5.05. The van der Waals surface area contributed by atoms with Crippen LogP contribution in [0, 0.1) is 0 Å². The molecular formula is C24H25BrN5S-. The summed E-state index contributed by atoms with van der Waals surface area (Å²) in [5, 5.41) is 11.1. The van der Waals surface area contributed by atoms with E-state index in [0.717, 1.165) is 47.2 Å². The number of halogens is 1. The van der Waals surface area contributed by atoms with Crippen LogP contribution < -0.4 is 21.8 Å². The van der Waals surface area contributed by atoms with Gasteiger partial charge in [0.25, 0.3) is 0 Å². The number of fused-ring (bicyclic) bond motifs is 1. The quantitative estimate of drug-likeness (QED) is 0.437. The first-order valence-electron chi connectivity index (χ1n) is 10.6. The summed E-state index contributed by atoms with van der Waals surface area (Å²) >= 11 is 1.68. The number of aryl methyl sites for hydroxylation is 1. The first-order valence-corrected chi connectivity index (χ1v) is 11.5. The molecule has 0 amide bonds. The molecule has 2 aromatic heterocycles. The van der Waals surface area contributed by atoms with E-state index in [2.05, 4.69) is 80.2 Å². The average Bonchev–Trinajstić information content (AvgIpc) is 3.31. The van der Waals surface area contributed by atoms with Crippen LogP contribution in [0.25, 0.3) is 22.6 Å². The molecule has 0 radical (unpaired) electrons. The van der Waals surface area contributed by atoms with Gasteiger partial charge in [0.2, 0.25) is 0 Å². The van der Waals surface area contributed by atoms with E-state index >= 15 is 0 Å². The van der Waals surface area contributed by atoms with Gasteiger partial charge in [-0.25, -0.2) is 4.99 Å². The molecule has 3 heterocycles. The summed E-state index contributed by atoms with van der Waals surface area (Å²) in [6.07, 6.45) is 4.70. The highest BCUT2D eigenvalue weighted by Crippen LogP contribution is 2.25. The van der Waals surface area contributed by atoms with E-state index in [1.165, 1.54) is 30.5 Å². The molecule has 1 aliphatic rings. The number of nitrogens with zero attached hydrogens (tertiary/aromatic N) is 5. The molecule has 2 aromatic carbocycles. The van der Waals surface area contributed by atoms with Crippen molar-refractivity contribution in [1.29, 1.82) is 0 Å². The second kappa shape index (κ2) is 9.75. The second-order valence-electron chi connectivity index (χ2n) is 7.57. The highest BCUT2D eigenvalue weighted by molar-refractivity contribution is 7.07.